The summed E-state index contributed by atoms with van der Waals surface area (Å²) in [4.78, 5) is 0. The zero-order valence-electron chi connectivity index (χ0n) is 13.8. The topological polar surface area (TPSA) is 0 Å². The normalized spacial score (nSPS) is 23.8. The summed E-state index contributed by atoms with van der Waals surface area (Å²) in [5.74, 6) is 0.554. The summed E-state index contributed by atoms with van der Waals surface area (Å²) >= 11 is -2.69. The number of fused-ring (bicyclic) bond motifs is 1. The van der Waals surface area contributed by atoms with Crippen LogP contribution in [0, 0.1) is 5.92 Å². The zero-order chi connectivity index (χ0) is 16.7. The molecule has 0 nitrogen and oxygen atoms in total. The van der Waals surface area contributed by atoms with Gasteiger partial charge >= 0.3 is 158 Å². The molecule has 4 heteroatoms. The summed E-state index contributed by atoms with van der Waals surface area (Å²) in [5.41, 5.74) is 8.36. The molecule has 3 rings (SSSR count). The minimum absolute atomic E-state index is 0.554. The standard InChI is InChI=1S/C19H21Si.2ClH.Hf/c1-4-14-7-5-6-8-15-11-12(2)18(19(14)15)16-9-10-17(20)13(16)3;;;/h5-6,8-10,14H,4,7,20H2,1-3H3;2*1H;/q;;;+2/p-2. The van der Waals surface area contributed by atoms with Gasteiger partial charge in [-0.05, 0) is 0 Å². The molecule has 0 aromatic carbocycles. The first-order valence-corrected chi connectivity index (χ1v) is 19.5. The number of allylic oxidation sites excluding steroid dienone is 12. The third-order valence-electron chi connectivity index (χ3n) is 5.09. The fraction of sp³-hybridized carbons (Fsp3) is 0.316. The van der Waals surface area contributed by atoms with Crippen LogP contribution in [0.15, 0.2) is 67.1 Å². The molecule has 0 saturated heterocycles. The van der Waals surface area contributed by atoms with Gasteiger partial charge in [0.15, 0.2) is 0 Å². The number of rotatable bonds is 3. The molecular weight excluding hydrogens is 506 g/mol. The molecule has 0 fully saturated rings. The molecule has 119 valence electrons. The van der Waals surface area contributed by atoms with Crippen molar-refractivity contribution in [2.75, 3.05) is 0 Å². The second-order valence-electron chi connectivity index (χ2n) is 6.30. The Morgan fingerprint density at radius 1 is 1.22 bits per heavy atom. The average molecular weight is 527 g/mol. The molecule has 3 aliphatic carbocycles. The number of hydrogen-bond acceptors (Lipinski definition) is 0. The van der Waals surface area contributed by atoms with E-state index in [1.54, 1.807) is 0 Å². The molecule has 0 aliphatic heterocycles. The van der Waals surface area contributed by atoms with E-state index < -0.39 is 19.1 Å². The Balaban J connectivity index is 2.30. The summed E-state index contributed by atoms with van der Waals surface area (Å²) in [7, 11) is 15.1. The summed E-state index contributed by atoms with van der Waals surface area (Å²) in [6, 6.07) is 0. The average Bonchev–Trinajstić information content (AvgIpc) is 2.88. The van der Waals surface area contributed by atoms with Crippen molar-refractivity contribution in [3.63, 3.8) is 0 Å². The summed E-state index contributed by atoms with van der Waals surface area (Å²) in [6.45, 7) is 6.74. The minimum atomic E-state index is -2.69. The second kappa shape index (κ2) is 7.07. The van der Waals surface area contributed by atoms with E-state index in [0.717, 1.165) is 12.8 Å². The molecule has 23 heavy (non-hydrogen) atoms. The van der Waals surface area contributed by atoms with Crippen LogP contribution in [0.4, 0.5) is 0 Å². The molecule has 0 amide bonds. The molecule has 1 unspecified atom stereocenters. The SMILES string of the molecule is CCC1CC=CC=C2C1=C(C1=C(C)C(=[SiH2])C=C1)C(C)=[C]2[Hf]([Cl])[Cl]. The van der Waals surface area contributed by atoms with Gasteiger partial charge in [0.1, 0.15) is 0 Å². The summed E-state index contributed by atoms with van der Waals surface area (Å²) in [5, 5.41) is 1.39. The predicted molar refractivity (Wildman–Crippen MR) is 102 cm³/mol. The van der Waals surface area contributed by atoms with Gasteiger partial charge in [0.2, 0.25) is 0 Å². The van der Waals surface area contributed by atoms with Crippen LogP contribution >= 0.6 is 17.2 Å². The van der Waals surface area contributed by atoms with E-state index in [-0.39, 0.29) is 0 Å². The fourth-order valence-electron chi connectivity index (χ4n) is 3.76. The van der Waals surface area contributed by atoms with Gasteiger partial charge in [-0.25, -0.2) is 0 Å². The van der Waals surface area contributed by atoms with Crippen molar-refractivity contribution in [2.45, 2.75) is 33.6 Å². The van der Waals surface area contributed by atoms with Crippen molar-refractivity contribution in [1.29, 1.82) is 0 Å². The quantitative estimate of drug-likeness (QED) is 0.449. The van der Waals surface area contributed by atoms with Crippen LogP contribution in [-0.2, 0) is 19.1 Å². The first kappa shape index (κ1) is 17.8. The van der Waals surface area contributed by atoms with Crippen LogP contribution in [0.5, 0.6) is 0 Å². The molecule has 0 spiro atoms. The van der Waals surface area contributed by atoms with Crippen LogP contribution in [0.2, 0.25) is 0 Å². The first-order chi connectivity index (χ1) is 11.0. The third-order valence-corrected chi connectivity index (χ3v) is 12.6. The molecule has 0 radical (unpaired) electrons. The van der Waals surface area contributed by atoms with Crippen molar-refractivity contribution < 1.29 is 19.1 Å². The molecule has 0 N–H and O–H groups in total. The fourth-order valence-corrected chi connectivity index (χ4v) is 11.0. The van der Waals surface area contributed by atoms with Gasteiger partial charge in [-0.15, -0.1) is 0 Å². The van der Waals surface area contributed by atoms with Crippen molar-refractivity contribution in [1.82, 2.24) is 0 Å². The molecule has 3 aliphatic rings. The van der Waals surface area contributed by atoms with Gasteiger partial charge in [0.05, 0.1) is 0 Å². The van der Waals surface area contributed by atoms with Crippen LogP contribution in [-0.4, -0.2) is 15.0 Å². The van der Waals surface area contributed by atoms with Gasteiger partial charge in [-0.1, -0.05) is 0 Å². The van der Waals surface area contributed by atoms with Gasteiger partial charge in [0.25, 0.3) is 0 Å². The summed E-state index contributed by atoms with van der Waals surface area (Å²) < 4.78 is 1.30. The number of hydrogen-bond donors (Lipinski definition) is 0. The van der Waals surface area contributed by atoms with E-state index in [1.807, 2.05) is 9.85 Å². The molecule has 0 heterocycles. The van der Waals surface area contributed by atoms with E-state index in [4.69, 9.17) is 17.2 Å². The van der Waals surface area contributed by atoms with Gasteiger partial charge in [0, 0.05) is 0 Å². The number of halogens is 2. The molecule has 0 bridgehead atoms. The second-order valence-corrected chi connectivity index (χ2v) is 18.5. The molecular formula is C19H21Cl2HfSi. The Morgan fingerprint density at radius 3 is 2.52 bits per heavy atom. The predicted octanol–water partition coefficient (Wildman–Crippen LogP) is 5.10. The van der Waals surface area contributed by atoms with Crippen molar-refractivity contribution in [3.8, 4) is 0 Å². The Morgan fingerprint density at radius 2 is 1.96 bits per heavy atom. The monoisotopic (exact) mass is 527 g/mol. The van der Waals surface area contributed by atoms with Gasteiger partial charge < -0.3 is 0 Å². The Hall–Kier alpha value is -0.0230. The van der Waals surface area contributed by atoms with E-state index >= 15 is 0 Å². The van der Waals surface area contributed by atoms with Crippen LogP contribution in [0.1, 0.15) is 33.6 Å². The first-order valence-electron chi connectivity index (χ1n) is 8.07. The van der Waals surface area contributed by atoms with E-state index in [2.05, 4.69) is 51.2 Å². The van der Waals surface area contributed by atoms with Crippen LogP contribution < -0.4 is 0 Å². The van der Waals surface area contributed by atoms with Crippen molar-refractivity contribution >= 4 is 32.2 Å². The van der Waals surface area contributed by atoms with Crippen molar-refractivity contribution in [3.05, 3.63) is 67.1 Å². The van der Waals surface area contributed by atoms with Gasteiger partial charge in [-0.3, -0.25) is 0 Å². The van der Waals surface area contributed by atoms with E-state index in [0.29, 0.717) is 5.92 Å². The Kier molecular flexibility index (Phi) is 5.47. The molecule has 1 atom stereocenters. The molecule has 0 saturated carbocycles. The summed E-state index contributed by atoms with van der Waals surface area (Å²) in [6.07, 6.45) is 13.5. The third kappa shape index (κ3) is 3.01. The van der Waals surface area contributed by atoms with Gasteiger partial charge in [-0.2, -0.15) is 0 Å². The van der Waals surface area contributed by atoms with Crippen LogP contribution in [0.25, 0.3) is 0 Å². The van der Waals surface area contributed by atoms with E-state index in [9.17, 15) is 0 Å². The maximum absolute atomic E-state index is 6.57. The Bertz CT molecular complexity index is 760. The van der Waals surface area contributed by atoms with Crippen LogP contribution in [0.3, 0.4) is 0 Å². The molecule has 0 aromatic heterocycles. The zero-order valence-corrected chi connectivity index (χ0v) is 20.4. The van der Waals surface area contributed by atoms with E-state index in [1.165, 1.54) is 41.9 Å². The van der Waals surface area contributed by atoms with Crippen molar-refractivity contribution in [2.24, 2.45) is 5.92 Å². The molecule has 0 aromatic rings. The Labute approximate surface area is 157 Å². The maximum atomic E-state index is 6.57.